The van der Waals surface area contributed by atoms with Gasteiger partial charge in [0.15, 0.2) is 0 Å². The quantitative estimate of drug-likeness (QED) is 0.453. The smallest absolute Gasteiger partial charge is 0.320 e. The normalized spacial score (nSPS) is 12.8. The fourth-order valence-electron chi connectivity index (χ4n) is 2.59. The van der Waals surface area contributed by atoms with Crippen LogP contribution in [0.5, 0.6) is 0 Å². The van der Waals surface area contributed by atoms with Crippen molar-refractivity contribution in [2.45, 2.75) is 84.1 Å². The highest BCUT2D eigenvalue weighted by Crippen LogP contribution is 2.11. The predicted molar refractivity (Wildman–Crippen MR) is 87.6 cm³/mol. The van der Waals surface area contributed by atoms with E-state index < -0.39 is 12.0 Å². The van der Waals surface area contributed by atoms with Crippen LogP contribution in [0, 0.1) is 0 Å². The van der Waals surface area contributed by atoms with Crippen LogP contribution in [-0.2, 0) is 4.79 Å². The maximum atomic E-state index is 11.0. The molecule has 0 aliphatic rings. The molecule has 21 heavy (non-hydrogen) atoms. The molecule has 0 aromatic heterocycles. The second-order valence-corrected chi connectivity index (χ2v) is 5.96. The summed E-state index contributed by atoms with van der Waals surface area (Å²) < 4.78 is 0. The molecule has 0 saturated heterocycles. The Morgan fingerprint density at radius 3 is 1.81 bits per heavy atom. The number of aliphatic carboxylic acids is 1. The highest BCUT2D eigenvalue weighted by molar-refractivity contribution is 5.72. The molecule has 0 aromatic rings. The molecule has 0 aliphatic heterocycles. The van der Waals surface area contributed by atoms with Crippen LogP contribution in [0.2, 0.25) is 0 Å². The minimum atomic E-state index is -0.810. The standard InChI is InChI=1S/C17H35NO3/c1-3-4-5-6-7-8-9-10-11-12-13-18(14-15-19)16(2)17(20)21/h16,19H,3-15H2,1-2H3,(H,20,21)/t16-/m0/s1. The molecule has 126 valence electrons. The number of carboxylic acids is 1. The third-order valence-electron chi connectivity index (χ3n) is 4.09. The number of hydrogen-bond donors (Lipinski definition) is 2. The lowest BCUT2D eigenvalue weighted by Gasteiger charge is -2.25. The van der Waals surface area contributed by atoms with E-state index in [1.165, 1.54) is 51.4 Å². The van der Waals surface area contributed by atoms with Gasteiger partial charge in [-0.05, 0) is 19.9 Å². The van der Waals surface area contributed by atoms with Gasteiger partial charge in [-0.3, -0.25) is 9.69 Å². The molecule has 2 N–H and O–H groups in total. The maximum absolute atomic E-state index is 11.0. The Hall–Kier alpha value is -0.610. The van der Waals surface area contributed by atoms with Crippen LogP contribution in [-0.4, -0.2) is 46.8 Å². The molecule has 4 heteroatoms. The van der Waals surface area contributed by atoms with Gasteiger partial charge in [0.1, 0.15) is 6.04 Å². The summed E-state index contributed by atoms with van der Waals surface area (Å²) in [7, 11) is 0. The van der Waals surface area contributed by atoms with Crippen molar-refractivity contribution in [3.8, 4) is 0 Å². The van der Waals surface area contributed by atoms with Gasteiger partial charge < -0.3 is 10.2 Å². The first-order valence-electron chi connectivity index (χ1n) is 8.71. The second kappa shape index (κ2) is 14.3. The van der Waals surface area contributed by atoms with Crippen molar-refractivity contribution in [2.75, 3.05) is 19.7 Å². The number of carbonyl (C=O) groups is 1. The Kier molecular flexibility index (Phi) is 13.9. The second-order valence-electron chi connectivity index (χ2n) is 5.96. The molecule has 0 aliphatic carbocycles. The first-order chi connectivity index (χ1) is 10.1. The molecular weight excluding hydrogens is 266 g/mol. The van der Waals surface area contributed by atoms with Gasteiger partial charge in [0, 0.05) is 6.54 Å². The van der Waals surface area contributed by atoms with Gasteiger partial charge in [0.2, 0.25) is 0 Å². The first-order valence-corrected chi connectivity index (χ1v) is 8.71. The van der Waals surface area contributed by atoms with E-state index in [9.17, 15) is 4.79 Å². The predicted octanol–water partition coefficient (Wildman–Crippen LogP) is 3.67. The molecule has 4 nitrogen and oxygen atoms in total. The van der Waals surface area contributed by atoms with E-state index in [4.69, 9.17) is 10.2 Å². The van der Waals surface area contributed by atoms with Gasteiger partial charge >= 0.3 is 5.97 Å². The minimum absolute atomic E-state index is 0.0232. The molecule has 0 radical (unpaired) electrons. The number of unbranched alkanes of at least 4 members (excludes halogenated alkanes) is 9. The summed E-state index contributed by atoms with van der Waals surface area (Å²) in [6.07, 6.45) is 12.8. The molecule has 0 aromatic carbocycles. The van der Waals surface area contributed by atoms with Crippen molar-refractivity contribution in [3.63, 3.8) is 0 Å². The monoisotopic (exact) mass is 301 g/mol. The number of hydrogen-bond acceptors (Lipinski definition) is 3. The average Bonchev–Trinajstić information content (AvgIpc) is 2.47. The molecule has 0 rings (SSSR count). The lowest BCUT2D eigenvalue weighted by molar-refractivity contribution is -0.142. The Bertz CT molecular complexity index is 246. The lowest BCUT2D eigenvalue weighted by atomic mass is 10.1. The van der Waals surface area contributed by atoms with E-state index in [-0.39, 0.29) is 6.61 Å². The van der Waals surface area contributed by atoms with E-state index in [1.54, 1.807) is 6.92 Å². The minimum Gasteiger partial charge on any atom is -0.480 e. The number of carboxylic acid groups (broad SMARTS) is 1. The van der Waals surface area contributed by atoms with Crippen molar-refractivity contribution in [2.24, 2.45) is 0 Å². The summed E-state index contributed by atoms with van der Waals surface area (Å²) in [6, 6.07) is -0.504. The molecule has 0 amide bonds. The topological polar surface area (TPSA) is 60.8 Å². The highest BCUT2D eigenvalue weighted by atomic mass is 16.4. The van der Waals surface area contributed by atoms with E-state index in [1.807, 2.05) is 4.90 Å². The summed E-state index contributed by atoms with van der Waals surface area (Å²) in [5.74, 6) is -0.810. The fraction of sp³-hybridized carbons (Fsp3) is 0.941. The number of rotatable bonds is 15. The zero-order valence-electron chi connectivity index (χ0n) is 14.0. The molecule has 1 atom stereocenters. The first kappa shape index (κ1) is 20.4. The van der Waals surface area contributed by atoms with E-state index in [2.05, 4.69) is 6.92 Å². The summed E-state index contributed by atoms with van der Waals surface area (Å²) in [6.45, 7) is 5.17. The lowest BCUT2D eigenvalue weighted by Crippen LogP contribution is -2.41. The SMILES string of the molecule is CCCCCCCCCCCCN(CCO)[C@@H](C)C(=O)O. The van der Waals surface area contributed by atoms with Crippen LogP contribution in [0.4, 0.5) is 0 Å². The van der Waals surface area contributed by atoms with Crippen LogP contribution < -0.4 is 0 Å². The van der Waals surface area contributed by atoms with Gasteiger partial charge in [-0.1, -0.05) is 64.7 Å². The number of nitrogens with zero attached hydrogens (tertiary/aromatic N) is 1. The van der Waals surface area contributed by atoms with E-state index >= 15 is 0 Å². The molecule has 0 unspecified atom stereocenters. The molecule has 0 heterocycles. The number of aliphatic hydroxyl groups excluding tert-OH is 1. The Balaban J connectivity index is 3.52. The Labute approximate surface area is 130 Å². The van der Waals surface area contributed by atoms with Gasteiger partial charge in [-0.2, -0.15) is 0 Å². The zero-order chi connectivity index (χ0) is 15.9. The molecule has 0 spiro atoms. The largest absolute Gasteiger partial charge is 0.480 e. The van der Waals surface area contributed by atoms with Crippen LogP contribution in [0.15, 0.2) is 0 Å². The van der Waals surface area contributed by atoms with Crippen LogP contribution in [0.1, 0.15) is 78.1 Å². The average molecular weight is 301 g/mol. The van der Waals surface area contributed by atoms with Gasteiger partial charge in [0.05, 0.1) is 6.61 Å². The third-order valence-corrected chi connectivity index (χ3v) is 4.09. The number of aliphatic hydroxyl groups is 1. The van der Waals surface area contributed by atoms with Gasteiger partial charge in [-0.15, -0.1) is 0 Å². The van der Waals surface area contributed by atoms with Crippen molar-refractivity contribution >= 4 is 5.97 Å². The van der Waals surface area contributed by atoms with Crippen molar-refractivity contribution in [1.29, 1.82) is 0 Å². The fourth-order valence-corrected chi connectivity index (χ4v) is 2.59. The summed E-state index contributed by atoms with van der Waals surface area (Å²) >= 11 is 0. The van der Waals surface area contributed by atoms with Crippen LogP contribution in [0.3, 0.4) is 0 Å². The van der Waals surface area contributed by atoms with E-state index in [0.717, 1.165) is 19.4 Å². The Morgan fingerprint density at radius 1 is 0.905 bits per heavy atom. The third kappa shape index (κ3) is 11.7. The molecule has 0 bridgehead atoms. The van der Waals surface area contributed by atoms with Gasteiger partial charge in [0.25, 0.3) is 0 Å². The van der Waals surface area contributed by atoms with Crippen molar-refractivity contribution in [3.05, 3.63) is 0 Å². The zero-order valence-corrected chi connectivity index (χ0v) is 14.0. The summed E-state index contributed by atoms with van der Waals surface area (Å²) in [4.78, 5) is 12.8. The molecule has 0 saturated carbocycles. The van der Waals surface area contributed by atoms with Crippen molar-refractivity contribution < 1.29 is 15.0 Å². The molecule has 0 fully saturated rings. The van der Waals surface area contributed by atoms with Crippen LogP contribution >= 0.6 is 0 Å². The summed E-state index contributed by atoms with van der Waals surface area (Å²) in [5.41, 5.74) is 0. The van der Waals surface area contributed by atoms with Crippen molar-refractivity contribution in [1.82, 2.24) is 4.90 Å². The highest BCUT2D eigenvalue weighted by Gasteiger charge is 2.19. The van der Waals surface area contributed by atoms with Gasteiger partial charge in [-0.25, -0.2) is 0 Å². The Morgan fingerprint density at radius 2 is 1.38 bits per heavy atom. The summed E-state index contributed by atoms with van der Waals surface area (Å²) in [5, 5.41) is 18.0. The maximum Gasteiger partial charge on any atom is 0.320 e. The van der Waals surface area contributed by atoms with Crippen LogP contribution in [0.25, 0.3) is 0 Å². The molecular formula is C17H35NO3. The van der Waals surface area contributed by atoms with E-state index in [0.29, 0.717) is 6.54 Å².